The van der Waals surface area contributed by atoms with Gasteiger partial charge in [-0.05, 0) is 24.3 Å². The second-order valence-electron chi connectivity index (χ2n) is 3.99. The molecule has 0 aliphatic carbocycles. The molecule has 0 saturated heterocycles. The molecule has 19 heavy (non-hydrogen) atoms. The molecule has 5 heteroatoms. The molecular formula is C14H12ClNO2S. The largest absolute Gasteiger partial charge is 0.268 e. The van der Waals surface area contributed by atoms with Crippen LogP contribution in [0.2, 0.25) is 0 Å². The first-order valence-electron chi connectivity index (χ1n) is 5.56. The van der Waals surface area contributed by atoms with Gasteiger partial charge in [0.15, 0.2) is 0 Å². The van der Waals surface area contributed by atoms with Crippen LogP contribution in [0.25, 0.3) is 10.9 Å². The summed E-state index contributed by atoms with van der Waals surface area (Å²) < 4.78 is 26.3. The van der Waals surface area contributed by atoms with Crippen LogP contribution in [-0.4, -0.2) is 12.4 Å². The normalized spacial score (nSPS) is 11.2. The topological polar surface area (TPSA) is 39.1 Å². The van der Waals surface area contributed by atoms with E-state index >= 15 is 0 Å². The summed E-state index contributed by atoms with van der Waals surface area (Å²) in [6, 6.07) is 17.7. The highest BCUT2D eigenvalue weighted by atomic mass is 35.5. The lowest BCUT2D eigenvalue weighted by molar-refractivity contribution is 0.589. The van der Waals surface area contributed by atoms with Crippen LogP contribution in [0.4, 0.5) is 0 Å². The number of fused-ring (bicyclic) bond motifs is 1. The average molecular weight is 294 g/mol. The molecule has 3 aromatic rings. The van der Waals surface area contributed by atoms with E-state index in [4.69, 9.17) is 0 Å². The molecule has 0 unspecified atom stereocenters. The minimum atomic E-state index is -3.51. The molecule has 0 bridgehead atoms. The van der Waals surface area contributed by atoms with Gasteiger partial charge in [0.05, 0.1) is 10.4 Å². The number of para-hydroxylation sites is 1. The second-order valence-corrected chi connectivity index (χ2v) is 5.80. The van der Waals surface area contributed by atoms with Crippen LogP contribution in [0, 0.1) is 0 Å². The second kappa shape index (κ2) is 5.07. The number of benzene rings is 2. The SMILES string of the molecule is Cl.O=S(=O)(c1ccccc1)n1ccc2ccccc21. The maximum absolute atomic E-state index is 12.5. The van der Waals surface area contributed by atoms with Gasteiger partial charge in [-0.1, -0.05) is 36.4 Å². The fourth-order valence-electron chi connectivity index (χ4n) is 1.97. The summed E-state index contributed by atoms with van der Waals surface area (Å²) in [4.78, 5) is 0.298. The third-order valence-electron chi connectivity index (χ3n) is 2.86. The van der Waals surface area contributed by atoms with Crippen molar-refractivity contribution in [3.05, 3.63) is 66.9 Å². The quantitative estimate of drug-likeness (QED) is 0.727. The van der Waals surface area contributed by atoms with Crippen LogP contribution >= 0.6 is 12.4 Å². The van der Waals surface area contributed by atoms with Crippen molar-refractivity contribution in [1.29, 1.82) is 0 Å². The van der Waals surface area contributed by atoms with Gasteiger partial charge in [-0.15, -0.1) is 12.4 Å². The Morgan fingerprint density at radius 2 is 1.42 bits per heavy atom. The molecule has 0 saturated carbocycles. The molecule has 0 amide bonds. The molecule has 3 rings (SSSR count). The lowest BCUT2D eigenvalue weighted by Gasteiger charge is -2.07. The van der Waals surface area contributed by atoms with Gasteiger partial charge in [0, 0.05) is 11.6 Å². The van der Waals surface area contributed by atoms with Crippen molar-refractivity contribution in [2.24, 2.45) is 0 Å². The third-order valence-corrected chi connectivity index (χ3v) is 4.57. The molecule has 0 spiro atoms. The highest BCUT2D eigenvalue weighted by Crippen LogP contribution is 2.21. The molecule has 98 valence electrons. The van der Waals surface area contributed by atoms with Crippen LogP contribution in [0.5, 0.6) is 0 Å². The fourth-order valence-corrected chi connectivity index (χ4v) is 3.35. The van der Waals surface area contributed by atoms with Crippen molar-refractivity contribution in [2.45, 2.75) is 4.90 Å². The van der Waals surface area contributed by atoms with Gasteiger partial charge in [0.25, 0.3) is 10.0 Å². The minimum Gasteiger partial charge on any atom is -0.241 e. The molecule has 0 aliphatic heterocycles. The van der Waals surface area contributed by atoms with Crippen molar-refractivity contribution in [2.75, 3.05) is 0 Å². The van der Waals surface area contributed by atoms with Crippen LogP contribution in [0.15, 0.2) is 71.8 Å². The van der Waals surface area contributed by atoms with Gasteiger partial charge in [-0.3, -0.25) is 0 Å². The lowest BCUT2D eigenvalue weighted by atomic mass is 10.3. The van der Waals surface area contributed by atoms with Gasteiger partial charge >= 0.3 is 0 Å². The van der Waals surface area contributed by atoms with Crippen LogP contribution < -0.4 is 0 Å². The molecule has 0 fully saturated rings. The first kappa shape index (κ1) is 13.6. The number of aromatic nitrogens is 1. The fraction of sp³-hybridized carbons (Fsp3) is 0. The first-order chi connectivity index (χ1) is 8.69. The summed E-state index contributed by atoms with van der Waals surface area (Å²) in [6.45, 7) is 0. The van der Waals surface area contributed by atoms with E-state index in [1.807, 2.05) is 18.2 Å². The molecule has 0 radical (unpaired) electrons. The van der Waals surface area contributed by atoms with Crippen LogP contribution in [0.3, 0.4) is 0 Å². The van der Waals surface area contributed by atoms with Gasteiger partial charge < -0.3 is 0 Å². The summed E-state index contributed by atoms with van der Waals surface area (Å²) in [5.74, 6) is 0. The van der Waals surface area contributed by atoms with Crippen molar-refractivity contribution < 1.29 is 8.42 Å². The Labute approximate surface area is 118 Å². The Balaban J connectivity index is 0.00000133. The van der Waals surface area contributed by atoms with Gasteiger partial charge in [-0.25, -0.2) is 12.4 Å². The summed E-state index contributed by atoms with van der Waals surface area (Å²) in [7, 11) is -3.51. The lowest BCUT2D eigenvalue weighted by Crippen LogP contribution is -2.11. The van der Waals surface area contributed by atoms with Crippen molar-refractivity contribution in [3.63, 3.8) is 0 Å². The van der Waals surface area contributed by atoms with E-state index in [0.717, 1.165) is 5.39 Å². The molecule has 1 heterocycles. The van der Waals surface area contributed by atoms with Crippen molar-refractivity contribution >= 4 is 33.3 Å². The molecular weight excluding hydrogens is 282 g/mol. The zero-order valence-electron chi connectivity index (χ0n) is 9.93. The Kier molecular flexibility index (Phi) is 3.64. The molecule has 0 aliphatic rings. The van der Waals surface area contributed by atoms with Gasteiger partial charge in [-0.2, -0.15) is 0 Å². The van der Waals surface area contributed by atoms with E-state index in [-0.39, 0.29) is 12.4 Å². The minimum absolute atomic E-state index is 0. The Hall–Kier alpha value is -1.78. The summed E-state index contributed by atoms with van der Waals surface area (Å²) in [5.41, 5.74) is 0.696. The smallest absolute Gasteiger partial charge is 0.241 e. The zero-order valence-corrected chi connectivity index (χ0v) is 11.6. The zero-order chi connectivity index (χ0) is 12.6. The van der Waals surface area contributed by atoms with Gasteiger partial charge in [0.1, 0.15) is 0 Å². The van der Waals surface area contributed by atoms with Crippen molar-refractivity contribution in [1.82, 2.24) is 3.97 Å². The molecule has 0 N–H and O–H groups in total. The number of nitrogens with zero attached hydrogens (tertiary/aromatic N) is 1. The number of hydrogen-bond donors (Lipinski definition) is 0. The first-order valence-corrected chi connectivity index (χ1v) is 7.00. The molecule has 3 nitrogen and oxygen atoms in total. The summed E-state index contributed by atoms with van der Waals surface area (Å²) in [6.07, 6.45) is 1.59. The van der Waals surface area contributed by atoms with Gasteiger partial charge in [0.2, 0.25) is 0 Å². The Bertz CT molecular complexity index is 794. The predicted octanol–water partition coefficient (Wildman–Crippen LogP) is 3.30. The van der Waals surface area contributed by atoms with E-state index < -0.39 is 10.0 Å². The molecule has 2 aromatic carbocycles. The maximum Gasteiger partial charge on any atom is 0.268 e. The van der Waals surface area contributed by atoms with E-state index in [2.05, 4.69) is 0 Å². The van der Waals surface area contributed by atoms with E-state index in [1.54, 1.807) is 48.7 Å². The highest BCUT2D eigenvalue weighted by molar-refractivity contribution is 7.90. The Morgan fingerprint density at radius 3 is 2.16 bits per heavy atom. The average Bonchev–Trinajstić information content (AvgIpc) is 2.84. The monoisotopic (exact) mass is 293 g/mol. The summed E-state index contributed by atoms with van der Waals surface area (Å²) >= 11 is 0. The van der Waals surface area contributed by atoms with E-state index in [1.165, 1.54) is 3.97 Å². The number of hydrogen-bond acceptors (Lipinski definition) is 2. The maximum atomic E-state index is 12.5. The number of rotatable bonds is 2. The van der Waals surface area contributed by atoms with Crippen LogP contribution in [-0.2, 0) is 10.0 Å². The Morgan fingerprint density at radius 1 is 0.789 bits per heavy atom. The van der Waals surface area contributed by atoms with E-state index in [0.29, 0.717) is 10.4 Å². The summed E-state index contributed by atoms with van der Waals surface area (Å²) in [5, 5.41) is 0.914. The standard InChI is InChI=1S/C14H11NO2S.ClH/c16-18(17,13-7-2-1-3-8-13)15-11-10-12-6-4-5-9-14(12)15;/h1-11H;1H. The van der Waals surface area contributed by atoms with E-state index in [9.17, 15) is 8.42 Å². The van der Waals surface area contributed by atoms with Crippen LogP contribution in [0.1, 0.15) is 0 Å². The predicted molar refractivity (Wildman–Crippen MR) is 78.2 cm³/mol. The third kappa shape index (κ3) is 2.25. The molecule has 0 atom stereocenters. The molecule has 1 aromatic heterocycles. The highest BCUT2D eigenvalue weighted by Gasteiger charge is 2.17. The number of halogens is 1. The van der Waals surface area contributed by atoms with Crippen molar-refractivity contribution in [3.8, 4) is 0 Å².